The monoisotopic (exact) mass is 285 g/mol. The molecule has 0 amide bonds. The Labute approximate surface area is 106 Å². The molecule has 0 bridgehead atoms. The third-order valence-electron chi connectivity index (χ3n) is 3.28. The van der Waals surface area contributed by atoms with Crippen molar-refractivity contribution in [1.29, 1.82) is 0 Å². The van der Waals surface area contributed by atoms with Crippen LogP contribution in [0, 0.1) is 0 Å². The van der Waals surface area contributed by atoms with Crippen LogP contribution in [-0.4, -0.2) is 35.6 Å². The van der Waals surface area contributed by atoms with Crippen molar-refractivity contribution < 1.29 is 0 Å². The number of hydrogen-bond donors (Lipinski definition) is 1. The molecule has 4 heteroatoms. The fraction of sp³-hybridized carbons (Fsp3) is 0.583. The molecular formula is C12H20BrN3. The van der Waals surface area contributed by atoms with E-state index >= 15 is 0 Å². The van der Waals surface area contributed by atoms with E-state index in [4.69, 9.17) is 5.73 Å². The predicted octanol–water partition coefficient (Wildman–Crippen LogP) is 2.05. The maximum atomic E-state index is 6.25. The van der Waals surface area contributed by atoms with Gasteiger partial charge in [0, 0.05) is 28.4 Å². The van der Waals surface area contributed by atoms with Crippen molar-refractivity contribution in [3.05, 3.63) is 28.5 Å². The topological polar surface area (TPSA) is 42.1 Å². The maximum absolute atomic E-state index is 6.25. The minimum atomic E-state index is -0.0255. The molecule has 2 N–H and O–H groups in total. The molecule has 0 fully saturated rings. The second-order valence-corrected chi connectivity index (χ2v) is 5.79. The summed E-state index contributed by atoms with van der Waals surface area (Å²) in [5.74, 6) is 0. The molecule has 0 aliphatic carbocycles. The molecule has 0 aromatic carbocycles. The third-order valence-corrected chi connectivity index (χ3v) is 3.71. The summed E-state index contributed by atoms with van der Waals surface area (Å²) < 4.78 is 1.000. The molecule has 1 aromatic rings. The van der Waals surface area contributed by atoms with E-state index in [0.717, 1.165) is 16.5 Å². The first-order valence-corrected chi connectivity index (χ1v) is 6.15. The lowest BCUT2D eigenvalue weighted by atomic mass is 9.89. The standard InChI is InChI=1S/C12H20BrN3/c1-12(2,16(3)4)11(14)6-9-5-10(13)8-15-7-9/h5,7-8,11H,6,14H2,1-4H3. The summed E-state index contributed by atoms with van der Waals surface area (Å²) in [6, 6.07) is 2.15. The summed E-state index contributed by atoms with van der Waals surface area (Å²) in [6.45, 7) is 4.31. The number of pyridine rings is 1. The van der Waals surface area contributed by atoms with Crippen LogP contribution >= 0.6 is 15.9 Å². The van der Waals surface area contributed by atoms with Crippen molar-refractivity contribution in [3.8, 4) is 0 Å². The highest BCUT2D eigenvalue weighted by Crippen LogP contribution is 2.19. The lowest BCUT2D eigenvalue weighted by molar-refractivity contribution is 0.158. The Morgan fingerprint density at radius 2 is 2.06 bits per heavy atom. The number of likely N-dealkylation sites (N-methyl/N-ethyl adjacent to an activating group) is 1. The van der Waals surface area contributed by atoms with Crippen molar-refractivity contribution in [2.45, 2.75) is 31.8 Å². The zero-order valence-electron chi connectivity index (χ0n) is 10.4. The summed E-state index contributed by atoms with van der Waals surface area (Å²) in [7, 11) is 4.11. The van der Waals surface area contributed by atoms with Gasteiger partial charge in [-0.1, -0.05) is 0 Å². The van der Waals surface area contributed by atoms with E-state index in [2.05, 4.69) is 59.8 Å². The fourth-order valence-corrected chi connectivity index (χ4v) is 1.82. The summed E-state index contributed by atoms with van der Waals surface area (Å²) in [6.07, 6.45) is 4.49. The number of halogens is 1. The van der Waals surface area contributed by atoms with Gasteiger partial charge in [-0.3, -0.25) is 4.98 Å². The van der Waals surface area contributed by atoms with Crippen molar-refractivity contribution in [2.24, 2.45) is 5.73 Å². The molecule has 0 radical (unpaired) electrons. The van der Waals surface area contributed by atoms with E-state index in [1.807, 2.05) is 6.20 Å². The summed E-state index contributed by atoms with van der Waals surface area (Å²) in [4.78, 5) is 6.30. The molecule has 0 spiro atoms. The minimum Gasteiger partial charge on any atom is -0.326 e. The van der Waals surface area contributed by atoms with E-state index in [1.54, 1.807) is 6.20 Å². The number of nitrogens with zero attached hydrogens (tertiary/aromatic N) is 2. The van der Waals surface area contributed by atoms with Crippen LogP contribution in [0.25, 0.3) is 0 Å². The zero-order chi connectivity index (χ0) is 12.3. The molecule has 0 saturated heterocycles. The van der Waals surface area contributed by atoms with Gasteiger partial charge < -0.3 is 10.6 Å². The number of nitrogens with two attached hydrogens (primary N) is 1. The molecule has 1 aromatic heterocycles. The number of aromatic nitrogens is 1. The Kier molecular flexibility index (Phi) is 4.47. The van der Waals surface area contributed by atoms with Crippen LogP contribution in [0.5, 0.6) is 0 Å². The molecular weight excluding hydrogens is 266 g/mol. The van der Waals surface area contributed by atoms with Gasteiger partial charge in [-0.25, -0.2) is 0 Å². The molecule has 0 aliphatic rings. The number of hydrogen-bond acceptors (Lipinski definition) is 3. The fourth-order valence-electron chi connectivity index (χ4n) is 1.40. The zero-order valence-corrected chi connectivity index (χ0v) is 12.0. The van der Waals surface area contributed by atoms with E-state index in [9.17, 15) is 0 Å². The first-order valence-electron chi connectivity index (χ1n) is 5.36. The first kappa shape index (κ1) is 13.6. The predicted molar refractivity (Wildman–Crippen MR) is 71.4 cm³/mol. The highest BCUT2D eigenvalue weighted by Gasteiger charge is 2.28. The minimum absolute atomic E-state index is 0.0255. The molecule has 0 saturated carbocycles. The van der Waals surface area contributed by atoms with Crippen LogP contribution in [0.2, 0.25) is 0 Å². The van der Waals surface area contributed by atoms with Gasteiger partial charge in [-0.2, -0.15) is 0 Å². The summed E-state index contributed by atoms with van der Waals surface area (Å²) in [5.41, 5.74) is 7.39. The van der Waals surface area contributed by atoms with Crippen LogP contribution in [-0.2, 0) is 6.42 Å². The largest absolute Gasteiger partial charge is 0.326 e. The smallest absolute Gasteiger partial charge is 0.0410 e. The maximum Gasteiger partial charge on any atom is 0.0410 e. The lowest BCUT2D eigenvalue weighted by Gasteiger charge is -2.38. The Balaban J connectivity index is 2.75. The van der Waals surface area contributed by atoms with Gasteiger partial charge in [-0.05, 0) is 61.9 Å². The van der Waals surface area contributed by atoms with Gasteiger partial charge in [0.2, 0.25) is 0 Å². The van der Waals surface area contributed by atoms with Crippen LogP contribution in [0.3, 0.4) is 0 Å². The van der Waals surface area contributed by atoms with E-state index in [0.29, 0.717) is 0 Å². The molecule has 3 nitrogen and oxygen atoms in total. The van der Waals surface area contributed by atoms with E-state index in [-0.39, 0.29) is 11.6 Å². The van der Waals surface area contributed by atoms with Gasteiger partial charge in [0.1, 0.15) is 0 Å². The second-order valence-electron chi connectivity index (χ2n) is 4.87. The van der Waals surface area contributed by atoms with Gasteiger partial charge in [-0.15, -0.1) is 0 Å². The molecule has 1 rings (SSSR count). The molecule has 1 heterocycles. The van der Waals surface area contributed by atoms with Crippen LogP contribution in [0.4, 0.5) is 0 Å². The lowest BCUT2D eigenvalue weighted by Crippen LogP contribution is -2.54. The average molecular weight is 286 g/mol. The first-order chi connectivity index (χ1) is 7.34. The quantitative estimate of drug-likeness (QED) is 0.921. The Bertz CT molecular complexity index is 350. The van der Waals surface area contributed by atoms with Crippen molar-refractivity contribution in [3.63, 3.8) is 0 Å². The van der Waals surface area contributed by atoms with Crippen LogP contribution < -0.4 is 5.73 Å². The third kappa shape index (κ3) is 3.27. The average Bonchev–Trinajstić information content (AvgIpc) is 2.17. The van der Waals surface area contributed by atoms with E-state index < -0.39 is 0 Å². The van der Waals surface area contributed by atoms with Crippen LogP contribution in [0.15, 0.2) is 22.9 Å². The number of rotatable bonds is 4. The highest BCUT2D eigenvalue weighted by atomic mass is 79.9. The van der Waals surface area contributed by atoms with Gasteiger partial charge in [0.15, 0.2) is 0 Å². The highest BCUT2D eigenvalue weighted by molar-refractivity contribution is 9.10. The molecule has 16 heavy (non-hydrogen) atoms. The molecule has 0 aliphatic heterocycles. The second kappa shape index (κ2) is 5.25. The Hall–Kier alpha value is -0.450. The Morgan fingerprint density at radius 3 is 2.56 bits per heavy atom. The normalized spacial score (nSPS) is 14.2. The molecule has 1 unspecified atom stereocenters. The Morgan fingerprint density at radius 1 is 1.44 bits per heavy atom. The van der Waals surface area contributed by atoms with Crippen molar-refractivity contribution in [1.82, 2.24) is 9.88 Å². The van der Waals surface area contributed by atoms with Crippen molar-refractivity contribution in [2.75, 3.05) is 14.1 Å². The van der Waals surface area contributed by atoms with Crippen molar-refractivity contribution >= 4 is 15.9 Å². The molecule has 1 atom stereocenters. The van der Waals surface area contributed by atoms with Gasteiger partial charge in [0.25, 0.3) is 0 Å². The van der Waals surface area contributed by atoms with Gasteiger partial charge >= 0.3 is 0 Å². The summed E-state index contributed by atoms with van der Waals surface area (Å²) >= 11 is 3.42. The summed E-state index contributed by atoms with van der Waals surface area (Å²) in [5, 5.41) is 0. The van der Waals surface area contributed by atoms with E-state index in [1.165, 1.54) is 0 Å². The van der Waals surface area contributed by atoms with Crippen LogP contribution in [0.1, 0.15) is 19.4 Å². The van der Waals surface area contributed by atoms with Gasteiger partial charge in [0.05, 0.1) is 0 Å². The SMILES string of the molecule is CN(C)C(C)(C)C(N)Cc1cncc(Br)c1. The molecule has 90 valence electrons.